The van der Waals surface area contributed by atoms with Gasteiger partial charge in [0.2, 0.25) is 0 Å². The Hall–Kier alpha value is -1.72. The largest absolute Gasteiger partial charge is 0.347 e. The lowest BCUT2D eigenvalue weighted by molar-refractivity contribution is 0.251. The van der Waals surface area contributed by atoms with Crippen molar-refractivity contribution in [3.05, 3.63) is 46.5 Å². The first-order valence-electron chi connectivity index (χ1n) is 5.12. The maximum atomic E-state index is 11.6. The van der Waals surface area contributed by atoms with Crippen molar-refractivity contribution in [2.75, 3.05) is 5.32 Å². The van der Waals surface area contributed by atoms with E-state index >= 15 is 0 Å². The summed E-state index contributed by atoms with van der Waals surface area (Å²) in [6.45, 7) is 0.351. The summed E-state index contributed by atoms with van der Waals surface area (Å²) < 4.78 is 0. The fourth-order valence-corrected chi connectivity index (χ4v) is 1.65. The molecule has 0 atom stereocenters. The highest BCUT2D eigenvalue weighted by Crippen LogP contribution is 2.25. The summed E-state index contributed by atoms with van der Waals surface area (Å²) in [5.74, 6) is 0. The van der Waals surface area contributed by atoms with Crippen LogP contribution in [0.3, 0.4) is 0 Å². The van der Waals surface area contributed by atoms with Crippen LogP contribution in [0.2, 0.25) is 10.0 Å². The van der Waals surface area contributed by atoms with E-state index in [1.807, 2.05) is 0 Å². The van der Waals surface area contributed by atoms with Crippen LogP contribution in [0.25, 0.3) is 0 Å². The monoisotopic (exact) mass is 284 g/mol. The van der Waals surface area contributed by atoms with Crippen LogP contribution in [0.4, 0.5) is 10.5 Å². The molecule has 2 amide bonds. The minimum absolute atomic E-state index is 0.351. The van der Waals surface area contributed by atoms with Gasteiger partial charge in [0.25, 0.3) is 0 Å². The van der Waals surface area contributed by atoms with Gasteiger partial charge < -0.3 is 15.6 Å². The number of amides is 2. The maximum Gasteiger partial charge on any atom is 0.319 e. The molecule has 2 aromatic rings. The standard InChI is InChI=1S/C11H10Cl2N4O/c12-7-1-2-9(13)10(3-7)17-11(18)15-5-8-4-14-6-16-8/h1-4,6H,5H2,(H,14,16)(H2,15,17,18). The second kappa shape index (κ2) is 5.75. The Bertz CT molecular complexity index is 542. The van der Waals surface area contributed by atoms with E-state index in [0.717, 1.165) is 5.69 Å². The average Bonchev–Trinajstić information content (AvgIpc) is 2.84. The number of hydrogen-bond donors (Lipinski definition) is 3. The van der Waals surface area contributed by atoms with E-state index in [4.69, 9.17) is 23.2 Å². The molecule has 5 nitrogen and oxygen atoms in total. The molecule has 0 aliphatic heterocycles. The molecule has 94 valence electrons. The molecule has 0 radical (unpaired) electrons. The number of carbonyl (C=O) groups is 1. The molecule has 1 aromatic heterocycles. The number of aromatic nitrogens is 2. The van der Waals surface area contributed by atoms with Gasteiger partial charge in [0.05, 0.1) is 29.3 Å². The van der Waals surface area contributed by atoms with Crippen molar-refractivity contribution < 1.29 is 4.79 Å². The van der Waals surface area contributed by atoms with Crippen molar-refractivity contribution in [3.8, 4) is 0 Å². The van der Waals surface area contributed by atoms with Crippen molar-refractivity contribution in [1.29, 1.82) is 0 Å². The second-order valence-corrected chi connectivity index (χ2v) is 4.35. The Morgan fingerprint density at radius 2 is 2.22 bits per heavy atom. The summed E-state index contributed by atoms with van der Waals surface area (Å²) in [7, 11) is 0. The van der Waals surface area contributed by atoms with Gasteiger partial charge in [0, 0.05) is 11.2 Å². The SMILES string of the molecule is O=C(NCc1cnc[nH]1)Nc1cc(Cl)ccc1Cl. The molecular weight excluding hydrogens is 275 g/mol. The van der Waals surface area contributed by atoms with Gasteiger partial charge in [0.15, 0.2) is 0 Å². The van der Waals surface area contributed by atoms with E-state index < -0.39 is 0 Å². The molecule has 18 heavy (non-hydrogen) atoms. The van der Waals surface area contributed by atoms with Gasteiger partial charge in [-0.25, -0.2) is 9.78 Å². The van der Waals surface area contributed by atoms with Crippen molar-refractivity contribution >= 4 is 34.9 Å². The first-order valence-corrected chi connectivity index (χ1v) is 5.88. The van der Waals surface area contributed by atoms with E-state index in [9.17, 15) is 4.79 Å². The minimum atomic E-state index is -0.367. The van der Waals surface area contributed by atoms with Crippen LogP contribution in [0.15, 0.2) is 30.7 Å². The lowest BCUT2D eigenvalue weighted by Crippen LogP contribution is -2.28. The van der Waals surface area contributed by atoms with Crippen molar-refractivity contribution in [3.63, 3.8) is 0 Å². The molecule has 0 spiro atoms. The number of benzene rings is 1. The van der Waals surface area contributed by atoms with Crippen LogP contribution in [-0.4, -0.2) is 16.0 Å². The zero-order valence-corrected chi connectivity index (χ0v) is 10.7. The third kappa shape index (κ3) is 3.38. The predicted octanol–water partition coefficient (Wildman–Crippen LogP) is 3.04. The van der Waals surface area contributed by atoms with Crippen molar-refractivity contribution in [1.82, 2.24) is 15.3 Å². The number of nitrogens with zero attached hydrogens (tertiary/aromatic N) is 1. The van der Waals surface area contributed by atoms with Crippen LogP contribution in [0.1, 0.15) is 5.69 Å². The predicted molar refractivity (Wildman–Crippen MR) is 70.9 cm³/mol. The maximum absolute atomic E-state index is 11.6. The molecule has 0 fully saturated rings. The minimum Gasteiger partial charge on any atom is -0.347 e. The van der Waals surface area contributed by atoms with Crippen LogP contribution < -0.4 is 10.6 Å². The fourth-order valence-electron chi connectivity index (χ4n) is 1.32. The number of urea groups is 1. The highest BCUT2D eigenvalue weighted by atomic mass is 35.5. The molecule has 7 heteroatoms. The Balaban J connectivity index is 1.92. The summed E-state index contributed by atoms with van der Waals surface area (Å²) in [4.78, 5) is 18.3. The number of imidazole rings is 1. The lowest BCUT2D eigenvalue weighted by Gasteiger charge is -2.08. The Morgan fingerprint density at radius 3 is 2.94 bits per heavy atom. The van der Waals surface area contributed by atoms with Gasteiger partial charge in [-0.2, -0.15) is 0 Å². The number of carbonyl (C=O) groups excluding carboxylic acids is 1. The molecule has 0 aliphatic rings. The number of nitrogens with one attached hydrogen (secondary N) is 3. The molecule has 2 rings (SSSR count). The zero-order chi connectivity index (χ0) is 13.0. The molecule has 0 unspecified atom stereocenters. The molecule has 0 saturated carbocycles. The van der Waals surface area contributed by atoms with E-state index in [2.05, 4.69) is 20.6 Å². The number of rotatable bonds is 3. The summed E-state index contributed by atoms with van der Waals surface area (Å²) in [6, 6.07) is 4.49. The van der Waals surface area contributed by atoms with E-state index in [1.54, 1.807) is 30.7 Å². The number of hydrogen-bond acceptors (Lipinski definition) is 2. The van der Waals surface area contributed by atoms with Crippen LogP contribution in [-0.2, 0) is 6.54 Å². The normalized spacial score (nSPS) is 10.1. The van der Waals surface area contributed by atoms with Crippen LogP contribution in [0, 0.1) is 0 Å². The third-order valence-electron chi connectivity index (χ3n) is 2.17. The fraction of sp³-hybridized carbons (Fsp3) is 0.0909. The third-order valence-corrected chi connectivity index (χ3v) is 2.74. The molecule has 0 aliphatic carbocycles. The number of halogens is 2. The smallest absolute Gasteiger partial charge is 0.319 e. The first kappa shape index (κ1) is 12.7. The first-order chi connectivity index (χ1) is 8.65. The summed E-state index contributed by atoms with van der Waals surface area (Å²) in [6.07, 6.45) is 3.18. The molecule has 1 heterocycles. The lowest BCUT2D eigenvalue weighted by atomic mass is 10.3. The molecule has 0 saturated heterocycles. The van der Waals surface area contributed by atoms with Crippen LogP contribution in [0.5, 0.6) is 0 Å². The second-order valence-electron chi connectivity index (χ2n) is 3.51. The van der Waals surface area contributed by atoms with Gasteiger partial charge in [-0.1, -0.05) is 23.2 Å². The van der Waals surface area contributed by atoms with Gasteiger partial charge >= 0.3 is 6.03 Å². The van der Waals surface area contributed by atoms with E-state index in [1.165, 1.54) is 0 Å². The average molecular weight is 285 g/mol. The highest BCUT2D eigenvalue weighted by molar-refractivity contribution is 6.35. The van der Waals surface area contributed by atoms with Gasteiger partial charge in [-0.3, -0.25) is 0 Å². The number of aromatic amines is 1. The molecular formula is C11H10Cl2N4O. The van der Waals surface area contributed by atoms with Gasteiger partial charge in [-0.05, 0) is 18.2 Å². The molecule has 3 N–H and O–H groups in total. The summed E-state index contributed by atoms with van der Waals surface area (Å²) in [5, 5.41) is 6.20. The Labute approximate surface area is 114 Å². The summed E-state index contributed by atoms with van der Waals surface area (Å²) in [5.41, 5.74) is 1.27. The zero-order valence-electron chi connectivity index (χ0n) is 9.21. The quantitative estimate of drug-likeness (QED) is 0.811. The Morgan fingerprint density at radius 1 is 1.39 bits per heavy atom. The Kier molecular flexibility index (Phi) is 4.07. The van der Waals surface area contributed by atoms with Crippen LogP contribution >= 0.6 is 23.2 Å². The van der Waals surface area contributed by atoms with Gasteiger partial charge in [0.1, 0.15) is 0 Å². The van der Waals surface area contributed by atoms with Crippen molar-refractivity contribution in [2.24, 2.45) is 0 Å². The molecule has 1 aromatic carbocycles. The van der Waals surface area contributed by atoms with Crippen molar-refractivity contribution in [2.45, 2.75) is 6.54 Å². The van der Waals surface area contributed by atoms with Gasteiger partial charge in [-0.15, -0.1) is 0 Å². The van der Waals surface area contributed by atoms with E-state index in [0.29, 0.717) is 22.3 Å². The molecule has 0 bridgehead atoms. The highest BCUT2D eigenvalue weighted by Gasteiger charge is 2.06. The number of H-pyrrole nitrogens is 1. The topological polar surface area (TPSA) is 69.8 Å². The number of anilines is 1. The van der Waals surface area contributed by atoms with E-state index in [-0.39, 0.29) is 6.03 Å². The summed E-state index contributed by atoms with van der Waals surface area (Å²) >= 11 is 11.7.